The van der Waals surface area contributed by atoms with Crippen molar-refractivity contribution in [2.45, 2.75) is 4.90 Å². The number of hydrogen-bond donors (Lipinski definition) is 0. The monoisotopic (exact) mass is 381 g/mol. The Morgan fingerprint density at radius 1 is 0.963 bits per heavy atom. The maximum atomic E-state index is 13.1. The van der Waals surface area contributed by atoms with Crippen molar-refractivity contribution < 1.29 is 13.3 Å². The highest BCUT2D eigenvalue weighted by atomic mass is 32.2. The first kappa shape index (κ1) is 17.2. The summed E-state index contributed by atoms with van der Waals surface area (Å²) in [6.45, 7) is 0.600. The summed E-state index contributed by atoms with van der Waals surface area (Å²) in [5.74, 6) is 0.394. The molecule has 136 valence electrons. The summed E-state index contributed by atoms with van der Waals surface area (Å²) in [5.41, 5.74) is 0.592. The minimum absolute atomic E-state index is 0.00272. The van der Waals surface area contributed by atoms with Crippen LogP contribution in [0, 0.1) is 10.1 Å². The van der Waals surface area contributed by atoms with Gasteiger partial charge >= 0.3 is 0 Å². The largest absolute Gasteiger partial charge is 0.269 e. The Morgan fingerprint density at radius 3 is 2.41 bits per heavy atom. The van der Waals surface area contributed by atoms with Crippen molar-refractivity contribution in [2.24, 2.45) is 4.99 Å². The fraction of sp³-hybridized carbons (Fsp3) is 0.105. The second kappa shape index (κ2) is 6.48. The van der Waals surface area contributed by atoms with Gasteiger partial charge in [0.1, 0.15) is 5.84 Å². The van der Waals surface area contributed by atoms with Crippen molar-refractivity contribution in [3.05, 3.63) is 82.4 Å². The van der Waals surface area contributed by atoms with Crippen LogP contribution in [0.2, 0.25) is 0 Å². The SMILES string of the molecule is O=[N+]([O-])c1ccc(S(=O)(=O)N2CCN=C2c2cccc3ccccc23)cc1. The van der Waals surface area contributed by atoms with E-state index in [2.05, 4.69) is 4.99 Å². The summed E-state index contributed by atoms with van der Waals surface area (Å²) >= 11 is 0. The minimum Gasteiger partial charge on any atom is -0.265 e. The van der Waals surface area contributed by atoms with Crippen LogP contribution in [-0.2, 0) is 10.0 Å². The highest BCUT2D eigenvalue weighted by Crippen LogP contribution is 2.27. The van der Waals surface area contributed by atoms with Crippen LogP contribution in [0.25, 0.3) is 10.8 Å². The number of aliphatic imine (C=N–C) groups is 1. The van der Waals surface area contributed by atoms with Gasteiger partial charge in [-0.2, -0.15) is 0 Å². The first-order chi connectivity index (χ1) is 13.0. The molecule has 0 fully saturated rings. The van der Waals surface area contributed by atoms with Crippen molar-refractivity contribution >= 4 is 32.3 Å². The highest BCUT2D eigenvalue weighted by Gasteiger charge is 2.32. The van der Waals surface area contributed by atoms with Crippen molar-refractivity contribution in [3.63, 3.8) is 0 Å². The molecule has 7 nitrogen and oxygen atoms in total. The average molecular weight is 381 g/mol. The molecule has 1 heterocycles. The van der Waals surface area contributed by atoms with E-state index < -0.39 is 14.9 Å². The van der Waals surface area contributed by atoms with Gasteiger partial charge in [-0.3, -0.25) is 15.1 Å². The van der Waals surface area contributed by atoms with Gasteiger partial charge in [-0.15, -0.1) is 0 Å². The zero-order valence-corrected chi connectivity index (χ0v) is 15.0. The molecule has 0 saturated heterocycles. The Kier molecular flexibility index (Phi) is 4.12. The number of rotatable bonds is 4. The van der Waals surface area contributed by atoms with E-state index in [0.717, 1.165) is 16.3 Å². The van der Waals surface area contributed by atoms with Gasteiger partial charge in [0.25, 0.3) is 15.7 Å². The number of nitro groups is 1. The third kappa shape index (κ3) is 2.93. The second-order valence-corrected chi connectivity index (χ2v) is 7.92. The Balaban J connectivity index is 1.77. The lowest BCUT2D eigenvalue weighted by atomic mass is 10.0. The molecule has 0 radical (unpaired) electrons. The van der Waals surface area contributed by atoms with E-state index in [1.54, 1.807) is 0 Å². The number of sulfonamides is 1. The first-order valence-corrected chi connectivity index (χ1v) is 9.72. The average Bonchev–Trinajstić information content (AvgIpc) is 3.18. The van der Waals surface area contributed by atoms with Gasteiger partial charge < -0.3 is 0 Å². The summed E-state index contributed by atoms with van der Waals surface area (Å²) in [6, 6.07) is 18.3. The fourth-order valence-corrected chi connectivity index (χ4v) is 4.61. The molecule has 0 atom stereocenters. The van der Waals surface area contributed by atoms with Crippen LogP contribution in [0.3, 0.4) is 0 Å². The van der Waals surface area contributed by atoms with Gasteiger partial charge in [-0.25, -0.2) is 12.7 Å². The number of hydrogen-bond acceptors (Lipinski definition) is 5. The molecule has 0 N–H and O–H groups in total. The molecule has 3 aromatic rings. The molecule has 0 aromatic heterocycles. The van der Waals surface area contributed by atoms with Crippen LogP contribution in [0.4, 0.5) is 5.69 Å². The maximum absolute atomic E-state index is 13.1. The number of fused-ring (bicyclic) bond motifs is 1. The van der Waals surface area contributed by atoms with Crippen molar-refractivity contribution in [1.29, 1.82) is 0 Å². The standard InChI is InChI=1S/C19H15N3O4S/c23-22(24)15-8-10-16(11-9-15)27(25,26)21-13-12-20-19(21)18-7-3-5-14-4-1-2-6-17(14)18/h1-11H,12-13H2. The topological polar surface area (TPSA) is 92.9 Å². The normalized spacial score (nSPS) is 14.4. The first-order valence-electron chi connectivity index (χ1n) is 8.28. The van der Waals surface area contributed by atoms with Crippen LogP contribution in [0.5, 0.6) is 0 Å². The smallest absolute Gasteiger partial charge is 0.265 e. The molecule has 0 unspecified atom stereocenters. The lowest BCUT2D eigenvalue weighted by Crippen LogP contribution is -2.35. The molecular weight excluding hydrogens is 366 g/mol. The van der Waals surface area contributed by atoms with E-state index in [1.165, 1.54) is 28.6 Å². The molecule has 0 bridgehead atoms. The van der Waals surface area contributed by atoms with E-state index in [4.69, 9.17) is 0 Å². The lowest BCUT2D eigenvalue weighted by Gasteiger charge is -2.21. The third-order valence-corrected chi connectivity index (χ3v) is 6.27. The highest BCUT2D eigenvalue weighted by molar-refractivity contribution is 7.89. The van der Waals surface area contributed by atoms with E-state index in [1.807, 2.05) is 42.5 Å². The molecule has 0 saturated carbocycles. The van der Waals surface area contributed by atoms with Gasteiger partial charge in [-0.05, 0) is 22.9 Å². The van der Waals surface area contributed by atoms with Crippen LogP contribution >= 0.6 is 0 Å². The van der Waals surface area contributed by atoms with Gasteiger partial charge in [0.2, 0.25) is 0 Å². The van der Waals surface area contributed by atoms with Crippen LogP contribution < -0.4 is 0 Å². The summed E-state index contributed by atoms with van der Waals surface area (Å²) in [5, 5.41) is 12.7. The van der Waals surface area contributed by atoms with Gasteiger partial charge in [0.05, 0.1) is 22.9 Å². The van der Waals surface area contributed by atoms with Crippen LogP contribution in [0.1, 0.15) is 5.56 Å². The molecule has 0 aliphatic carbocycles. The summed E-state index contributed by atoms with van der Waals surface area (Å²) < 4.78 is 27.5. The second-order valence-electron chi connectivity index (χ2n) is 6.06. The Morgan fingerprint density at radius 2 is 1.67 bits per heavy atom. The Labute approximate surface area is 155 Å². The molecule has 3 aromatic carbocycles. The number of amidine groups is 1. The van der Waals surface area contributed by atoms with E-state index in [-0.39, 0.29) is 17.1 Å². The minimum atomic E-state index is -3.87. The number of non-ortho nitro benzene ring substituents is 1. The van der Waals surface area contributed by atoms with Gasteiger partial charge in [0, 0.05) is 17.7 Å². The molecular formula is C19H15N3O4S. The van der Waals surface area contributed by atoms with E-state index >= 15 is 0 Å². The zero-order valence-electron chi connectivity index (χ0n) is 14.1. The fourth-order valence-electron chi connectivity index (χ4n) is 3.17. The summed E-state index contributed by atoms with van der Waals surface area (Å²) in [4.78, 5) is 14.7. The molecule has 1 aliphatic rings. The van der Waals surface area contributed by atoms with E-state index in [9.17, 15) is 18.5 Å². The third-order valence-electron chi connectivity index (χ3n) is 4.47. The predicted molar refractivity (Wildman–Crippen MR) is 102 cm³/mol. The Hall–Kier alpha value is -3.26. The van der Waals surface area contributed by atoms with Crippen LogP contribution in [0.15, 0.2) is 76.6 Å². The molecule has 0 spiro atoms. The number of nitrogens with zero attached hydrogens (tertiary/aromatic N) is 3. The molecule has 8 heteroatoms. The number of nitro benzene ring substituents is 1. The molecule has 27 heavy (non-hydrogen) atoms. The summed E-state index contributed by atoms with van der Waals surface area (Å²) in [7, 11) is -3.87. The van der Waals surface area contributed by atoms with Crippen molar-refractivity contribution in [3.8, 4) is 0 Å². The molecule has 4 rings (SSSR count). The lowest BCUT2D eigenvalue weighted by molar-refractivity contribution is -0.384. The van der Waals surface area contributed by atoms with Crippen molar-refractivity contribution in [1.82, 2.24) is 4.31 Å². The molecule has 1 aliphatic heterocycles. The van der Waals surface area contributed by atoms with Gasteiger partial charge in [-0.1, -0.05) is 42.5 Å². The number of benzene rings is 3. The Bertz CT molecular complexity index is 1170. The molecule has 0 amide bonds. The quantitative estimate of drug-likeness (QED) is 0.512. The van der Waals surface area contributed by atoms with Crippen molar-refractivity contribution in [2.75, 3.05) is 13.1 Å². The van der Waals surface area contributed by atoms with E-state index in [0.29, 0.717) is 12.4 Å². The van der Waals surface area contributed by atoms with Crippen LogP contribution in [-0.4, -0.2) is 36.6 Å². The maximum Gasteiger partial charge on any atom is 0.269 e. The summed E-state index contributed by atoms with van der Waals surface area (Å²) in [6.07, 6.45) is 0. The van der Waals surface area contributed by atoms with Gasteiger partial charge in [0.15, 0.2) is 0 Å². The predicted octanol–water partition coefficient (Wildman–Crippen LogP) is 3.20. The zero-order chi connectivity index (χ0) is 19.0.